The van der Waals surface area contributed by atoms with Gasteiger partial charge < -0.3 is 9.64 Å². The Balaban J connectivity index is 2.35. The lowest BCUT2D eigenvalue weighted by molar-refractivity contribution is 0.0727. The highest BCUT2D eigenvalue weighted by molar-refractivity contribution is 7.89. The van der Waals surface area contributed by atoms with Crippen molar-refractivity contribution in [1.82, 2.24) is 9.62 Å². The van der Waals surface area contributed by atoms with E-state index in [1.807, 2.05) is 6.92 Å². The van der Waals surface area contributed by atoms with Gasteiger partial charge in [-0.2, -0.15) is 0 Å². The Morgan fingerprint density at radius 1 is 1.41 bits per heavy atom. The van der Waals surface area contributed by atoms with Crippen LogP contribution in [0.25, 0.3) is 0 Å². The molecule has 1 fully saturated rings. The van der Waals surface area contributed by atoms with Crippen molar-refractivity contribution >= 4 is 15.9 Å². The smallest absolute Gasteiger partial charge is 0.253 e. The van der Waals surface area contributed by atoms with Crippen molar-refractivity contribution in [2.45, 2.75) is 30.7 Å². The van der Waals surface area contributed by atoms with E-state index in [1.54, 1.807) is 18.0 Å². The third-order valence-electron chi connectivity index (χ3n) is 4.20. The molecule has 0 heterocycles. The van der Waals surface area contributed by atoms with Gasteiger partial charge in [-0.15, -0.1) is 0 Å². The molecule has 0 aliphatic heterocycles. The molecule has 2 rings (SSSR count). The van der Waals surface area contributed by atoms with Gasteiger partial charge in [0.15, 0.2) is 0 Å². The average molecular weight is 326 g/mol. The summed E-state index contributed by atoms with van der Waals surface area (Å²) in [5, 5.41) is 0. The van der Waals surface area contributed by atoms with Gasteiger partial charge in [-0.1, -0.05) is 0 Å². The highest BCUT2D eigenvalue weighted by atomic mass is 32.2. The number of nitrogens with zero attached hydrogens (tertiary/aromatic N) is 1. The van der Waals surface area contributed by atoms with E-state index in [2.05, 4.69) is 4.72 Å². The fourth-order valence-electron chi connectivity index (χ4n) is 2.41. The molecule has 0 aromatic heterocycles. The van der Waals surface area contributed by atoms with Gasteiger partial charge in [0.2, 0.25) is 10.0 Å². The van der Waals surface area contributed by atoms with Crippen molar-refractivity contribution in [3.05, 3.63) is 23.8 Å². The molecule has 1 aromatic rings. The molecule has 1 saturated carbocycles. The van der Waals surface area contributed by atoms with E-state index in [-0.39, 0.29) is 22.6 Å². The van der Waals surface area contributed by atoms with Crippen LogP contribution < -0.4 is 9.46 Å². The van der Waals surface area contributed by atoms with Crippen LogP contribution in [0.2, 0.25) is 0 Å². The van der Waals surface area contributed by atoms with Gasteiger partial charge in [0, 0.05) is 18.7 Å². The fraction of sp³-hybridized carbons (Fsp3) is 0.533. The van der Waals surface area contributed by atoms with Crippen molar-refractivity contribution < 1.29 is 17.9 Å². The topological polar surface area (TPSA) is 75.7 Å². The number of methoxy groups -OCH3 is 1. The fourth-order valence-corrected chi connectivity index (χ4v) is 3.33. The summed E-state index contributed by atoms with van der Waals surface area (Å²) in [5.41, 5.74) is 0.338. The highest BCUT2D eigenvalue weighted by Crippen LogP contribution is 2.35. The first-order valence-corrected chi connectivity index (χ1v) is 8.69. The minimum atomic E-state index is -3.69. The predicted octanol–water partition coefficient (Wildman–Crippen LogP) is 1.47. The molecule has 0 saturated heterocycles. The Kier molecular flexibility index (Phi) is 4.77. The zero-order valence-corrected chi connectivity index (χ0v) is 14.1. The molecule has 1 unspecified atom stereocenters. The van der Waals surface area contributed by atoms with E-state index in [4.69, 9.17) is 4.74 Å². The van der Waals surface area contributed by atoms with Crippen LogP contribution in [-0.4, -0.2) is 46.5 Å². The maximum atomic E-state index is 12.6. The highest BCUT2D eigenvalue weighted by Gasteiger charge is 2.33. The molecule has 122 valence electrons. The first kappa shape index (κ1) is 16.8. The normalized spacial score (nSPS) is 16.2. The van der Waals surface area contributed by atoms with Gasteiger partial charge >= 0.3 is 0 Å². The number of ether oxygens (including phenoxy) is 1. The quantitative estimate of drug-likeness (QED) is 0.859. The Bertz CT molecular complexity index is 668. The van der Waals surface area contributed by atoms with Crippen molar-refractivity contribution in [2.24, 2.45) is 5.92 Å². The zero-order valence-electron chi connectivity index (χ0n) is 13.3. The second-order valence-electron chi connectivity index (χ2n) is 5.57. The number of sulfonamides is 1. The van der Waals surface area contributed by atoms with Crippen LogP contribution in [0.4, 0.5) is 0 Å². The molecule has 7 heteroatoms. The standard InChI is InChI=1S/C15H22N2O4S/c1-10(11-5-6-11)17(3)15(18)12-7-8-13(21-4)14(9-12)22(19,20)16-2/h7-11,16H,5-6H2,1-4H3. The van der Waals surface area contributed by atoms with Crippen molar-refractivity contribution in [3.8, 4) is 5.75 Å². The molecule has 6 nitrogen and oxygen atoms in total. The summed E-state index contributed by atoms with van der Waals surface area (Å²) in [4.78, 5) is 14.2. The molecule has 0 bridgehead atoms. The number of hydrogen-bond acceptors (Lipinski definition) is 4. The number of nitrogens with one attached hydrogen (secondary N) is 1. The van der Waals surface area contributed by atoms with Crippen LogP contribution in [-0.2, 0) is 10.0 Å². The van der Waals surface area contributed by atoms with E-state index in [9.17, 15) is 13.2 Å². The number of amides is 1. The third kappa shape index (κ3) is 3.25. The lowest BCUT2D eigenvalue weighted by Gasteiger charge is -2.25. The minimum absolute atomic E-state index is 0.0316. The monoisotopic (exact) mass is 326 g/mol. The SMILES string of the molecule is CNS(=O)(=O)c1cc(C(=O)N(C)C(C)C2CC2)ccc1OC. The van der Waals surface area contributed by atoms with Gasteiger partial charge in [-0.05, 0) is 50.9 Å². The van der Waals surface area contributed by atoms with Crippen molar-refractivity contribution in [3.63, 3.8) is 0 Å². The molecular weight excluding hydrogens is 304 g/mol. The maximum Gasteiger partial charge on any atom is 0.253 e. The second-order valence-corrected chi connectivity index (χ2v) is 7.42. The zero-order chi connectivity index (χ0) is 16.5. The van der Waals surface area contributed by atoms with Crippen LogP contribution in [0.1, 0.15) is 30.1 Å². The molecule has 1 aliphatic rings. The van der Waals surface area contributed by atoms with E-state index < -0.39 is 10.0 Å². The first-order valence-electron chi connectivity index (χ1n) is 7.20. The second kappa shape index (κ2) is 6.26. The molecule has 0 radical (unpaired) electrons. The molecule has 1 aromatic carbocycles. The molecule has 1 aliphatic carbocycles. The van der Waals surface area contributed by atoms with Crippen molar-refractivity contribution in [2.75, 3.05) is 21.2 Å². The van der Waals surface area contributed by atoms with Crippen molar-refractivity contribution in [1.29, 1.82) is 0 Å². The molecule has 22 heavy (non-hydrogen) atoms. The summed E-state index contributed by atoms with van der Waals surface area (Å²) in [6.07, 6.45) is 2.28. The molecule has 1 atom stereocenters. The first-order chi connectivity index (χ1) is 10.3. The van der Waals surface area contributed by atoms with Gasteiger partial charge in [0.1, 0.15) is 10.6 Å². The summed E-state index contributed by atoms with van der Waals surface area (Å²) in [7, 11) is 0.779. The van der Waals surface area contributed by atoms with Crippen LogP contribution in [0, 0.1) is 5.92 Å². The lowest BCUT2D eigenvalue weighted by Crippen LogP contribution is -2.36. The van der Waals surface area contributed by atoms with Gasteiger partial charge in [0.25, 0.3) is 5.91 Å². The third-order valence-corrected chi connectivity index (χ3v) is 5.64. The summed E-state index contributed by atoms with van der Waals surface area (Å²) >= 11 is 0. The average Bonchev–Trinajstić information content (AvgIpc) is 3.36. The predicted molar refractivity (Wildman–Crippen MR) is 83.5 cm³/mol. The van der Waals surface area contributed by atoms with Gasteiger partial charge in [0.05, 0.1) is 7.11 Å². The van der Waals surface area contributed by atoms with Gasteiger partial charge in [-0.3, -0.25) is 4.79 Å². The number of hydrogen-bond donors (Lipinski definition) is 1. The Morgan fingerprint density at radius 3 is 2.55 bits per heavy atom. The molecule has 0 spiro atoms. The number of benzene rings is 1. The summed E-state index contributed by atoms with van der Waals surface area (Å²) in [5.74, 6) is 0.575. The summed E-state index contributed by atoms with van der Waals surface area (Å²) < 4.78 is 31.4. The van der Waals surface area contributed by atoms with E-state index in [0.29, 0.717) is 11.5 Å². The largest absolute Gasteiger partial charge is 0.495 e. The van der Waals surface area contributed by atoms with Crippen LogP contribution in [0.15, 0.2) is 23.1 Å². The maximum absolute atomic E-state index is 12.6. The Morgan fingerprint density at radius 2 is 2.05 bits per heavy atom. The van der Waals surface area contributed by atoms with E-state index in [1.165, 1.54) is 26.3 Å². The number of rotatable bonds is 6. The van der Waals surface area contributed by atoms with Crippen LogP contribution >= 0.6 is 0 Å². The van der Waals surface area contributed by atoms with E-state index in [0.717, 1.165) is 12.8 Å². The number of carbonyl (C=O) groups is 1. The van der Waals surface area contributed by atoms with E-state index >= 15 is 0 Å². The molecular formula is C15H22N2O4S. The summed E-state index contributed by atoms with van der Waals surface area (Å²) in [6, 6.07) is 4.61. The summed E-state index contributed by atoms with van der Waals surface area (Å²) in [6.45, 7) is 2.02. The molecule has 1 amide bonds. The lowest BCUT2D eigenvalue weighted by atomic mass is 10.1. The van der Waals surface area contributed by atoms with Crippen LogP contribution in [0.5, 0.6) is 5.75 Å². The van der Waals surface area contributed by atoms with Gasteiger partial charge in [-0.25, -0.2) is 13.1 Å². The Hall–Kier alpha value is -1.60. The minimum Gasteiger partial charge on any atom is -0.495 e. The number of carbonyl (C=O) groups excluding carboxylic acids is 1. The Labute approximate surface area is 131 Å². The van der Waals surface area contributed by atoms with Crippen LogP contribution in [0.3, 0.4) is 0 Å². The molecule has 1 N–H and O–H groups in total.